The molecule has 0 heterocycles. The number of carbonyl (C=O) groups excluding carboxylic acids is 2. The van der Waals surface area contributed by atoms with E-state index in [-0.39, 0.29) is 41.2 Å². The fourth-order valence-corrected chi connectivity index (χ4v) is 7.44. The van der Waals surface area contributed by atoms with Gasteiger partial charge in [0.2, 0.25) is 0 Å². The van der Waals surface area contributed by atoms with Crippen LogP contribution in [0.3, 0.4) is 0 Å². The van der Waals surface area contributed by atoms with Gasteiger partial charge in [0.1, 0.15) is 6.61 Å². The summed E-state index contributed by atoms with van der Waals surface area (Å²) in [4.78, 5) is 23.9. The van der Waals surface area contributed by atoms with Gasteiger partial charge in [0.05, 0.1) is 6.10 Å². The first-order chi connectivity index (χ1) is 12.8. The molecule has 4 rings (SSSR count). The molecule has 0 aliphatic heterocycles. The molecule has 3 saturated carbocycles. The zero-order valence-electron chi connectivity index (χ0n) is 17.0. The zero-order chi connectivity index (χ0) is 19.4. The third kappa shape index (κ3) is 2.99. The average Bonchev–Trinajstić information content (AvgIpc) is 2.97. The number of rotatable bonds is 3. The summed E-state index contributed by atoms with van der Waals surface area (Å²) in [5, 5.41) is 10.1. The second-order valence-electron chi connectivity index (χ2n) is 10.1. The highest BCUT2D eigenvalue weighted by Gasteiger charge is 2.59. The van der Waals surface area contributed by atoms with Crippen LogP contribution in [0.15, 0.2) is 11.6 Å². The van der Waals surface area contributed by atoms with Crippen LogP contribution in [0.1, 0.15) is 72.1 Å². The summed E-state index contributed by atoms with van der Waals surface area (Å²) in [5.41, 5.74) is 1.78. The SMILES string of the molecule is CC(=O)OCC(=O)[C@H]1CC[C@@H]2[C@H]3CC=C4C[C@@H](O)CC[C@]4(C)[C@@H]3CC[C@]12C. The number of fused-ring (bicyclic) bond motifs is 5. The van der Waals surface area contributed by atoms with Crippen molar-refractivity contribution in [2.24, 2.45) is 34.5 Å². The average molecular weight is 375 g/mol. The molecule has 0 aromatic carbocycles. The van der Waals surface area contributed by atoms with Gasteiger partial charge in [0.15, 0.2) is 5.78 Å². The summed E-state index contributed by atoms with van der Waals surface area (Å²) < 4.78 is 5.02. The number of aliphatic hydroxyl groups is 1. The van der Waals surface area contributed by atoms with Gasteiger partial charge in [-0.3, -0.25) is 9.59 Å². The molecule has 1 N–H and O–H groups in total. The first kappa shape index (κ1) is 19.2. The van der Waals surface area contributed by atoms with Crippen LogP contribution in [-0.4, -0.2) is 29.6 Å². The molecule has 0 amide bonds. The lowest BCUT2D eigenvalue weighted by molar-refractivity contribution is -0.149. The standard InChI is InChI=1S/C23H34O4/c1-14(24)27-13-21(26)20-7-6-18-17-5-4-15-12-16(25)8-10-22(15,2)19(17)9-11-23(18,20)3/h4,16-20,25H,5-13H2,1-3H3/t16-,17+,18+,19+,20+,22-,23-/m0/s1. The van der Waals surface area contributed by atoms with Crippen molar-refractivity contribution in [1.82, 2.24) is 0 Å². The van der Waals surface area contributed by atoms with E-state index in [9.17, 15) is 14.7 Å². The lowest BCUT2D eigenvalue weighted by Crippen LogP contribution is -2.51. The third-order valence-electron chi connectivity index (χ3n) is 8.88. The van der Waals surface area contributed by atoms with Crippen molar-refractivity contribution in [3.8, 4) is 0 Å². The van der Waals surface area contributed by atoms with E-state index in [0.29, 0.717) is 17.8 Å². The molecule has 0 saturated heterocycles. The molecule has 4 aliphatic carbocycles. The third-order valence-corrected chi connectivity index (χ3v) is 8.88. The van der Waals surface area contributed by atoms with Crippen molar-refractivity contribution in [2.75, 3.05) is 6.61 Å². The van der Waals surface area contributed by atoms with Crippen molar-refractivity contribution in [3.05, 3.63) is 11.6 Å². The molecule has 7 atom stereocenters. The van der Waals surface area contributed by atoms with Crippen LogP contribution >= 0.6 is 0 Å². The van der Waals surface area contributed by atoms with Gasteiger partial charge in [-0.15, -0.1) is 0 Å². The number of aliphatic hydroxyl groups excluding tert-OH is 1. The van der Waals surface area contributed by atoms with Crippen LogP contribution in [-0.2, 0) is 14.3 Å². The summed E-state index contributed by atoms with van der Waals surface area (Å²) in [6.45, 7) is 6.06. The van der Waals surface area contributed by atoms with Crippen LogP contribution in [0.25, 0.3) is 0 Å². The number of hydrogen-bond donors (Lipinski definition) is 1. The first-order valence-electron chi connectivity index (χ1n) is 10.8. The summed E-state index contributed by atoms with van der Waals surface area (Å²) in [6, 6.07) is 0. The van der Waals surface area contributed by atoms with Gasteiger partial charge in [-0.2, -0.15) is 0 Å². The molecule has 0 unspecified atom stereocenters. The summed E-state index contributed by atoms with van der Waals surface area (Å²) >= 11 is 0. The normalized spacial score (nSPS) is 45.9. The van der Waals surface area contributed by atoms with E-state index >= 15 is 0 Å². The minimum atomic E-state index is -0.371. The fraction of sp³-hybridized carbons (Fsp3) is 0.826. The fourth-order valence-electron chi connectivity index (χ4n) is 7.44. The van der Waals surface area contributed by atoms with Gasteiger partial charge in [0.25, 0.3) is 0 Å². The smallest absolute Gasteiger partial charge is 0.303 e. The second kappa shape index (κ2) is 6.72. The molecular formula is C23H34O4. The maximum Gasteiger partial charge on any atom is 0.303 e. The molecule has 27 heavy (non-hydrogen) atoms. The summed E-state index contributed by atoms with van der Waals surface area (Å²) in [7, 11) is 0. The largest absolute Gasteiger partial charge is 0.458 e. The minimum Gasteiger partial charge on any atom is -0.458 e. The molecule has 4 heteroatoms. The number of ether oxygens (including phenoxy) is 1. The minimum absolute atomic E-state index is 0.0363. The van der Waals surface area contributed by atoms with E-state index in [0.717, 1.165) is 44.9 Å². The Morgan fingerprint density at radius 3 is 2.67 bits per heavy atom. The highest BCUT2D eigenvalue weighted by molar-refractivity contribution is 5.85. The van der Waals surface area contributed by atoms with Crippen LogP contribution in [0.4, 0.5) is 0 Å². The number of carbonyl (C=O) groups is 2. The maximum absolute atomic E-state index is 12.8. The Morgan fingerprint density at radius 1 is 1.15 bits per heavy atom. The molecule has 150 valence electrons. The van der Waals surface area contributed by atoms with Gasteiger partial charge in [0, 0.05) is 12.8 Å². The Labute approximate surface area is 162 Å². The quantitative estimate of drug-likeness (QED) is 0.598. The zero-order valence-corrected chi connectivity index (χ0v) is 17.0. The van der Waals surface area contributed by atoms with Crippen molar-refractivity contribution >= 4 is 11.8 Å². The van der Waals surface area contributed by atoms with Crippen LogP contribution in [0.2, 0.25) is 0 Å². The lowest BCUT2D eigenvalue weighted by atomic mass is 9.47. The monoisotopic (exact) mass is 374 g/mol. The first-order valence-corrected chi connectivity index (χ1v) is 10.8. The van der Waals surface area contributed by atoms with Gasteiger partial charge >= 0.3 is 5.97 Å². The van der Waals surface area contributed by atoms with Gasteiger partial charge in [-0.25, -0.2) is 0 Å². The lowest BCUT2D eigenvalue weighted by Gasteiger charge is -2.57. The summed E-state index contributed by atoms with van der Waals surface area (Å²) in [5.74, 6) is 1.71. The Hall–Kier alpha value is -1.16. The predicted molar refractivity (Wildman–Crippen MR) is 103 cm³/mol. The Morgan fingerprint density at radius 2 is 1.93 bits per heavy atom. The molecule has 0 aromatic heterocycles. The Bertz CT molecular complexity index is 667. The maximum atomic E-state index is 12.8. The van der Waals surface area contributed by atoms with Crippen molar-refractivity contribution < 1.29 is 19.4 Å². The number of allylic oxidation sites excluding steroid dienone is 1. The second-order valence-corrected chi connectivity index (χ2v) is 10.1. The molecule has 0 spiro atoms. The van der Waals surface area contributed by atoms with Crippen LogP contribution < -0.4 is 0 Å². The highest BCUT2D eigenvalue weighted by Crippen LogP contribution is 2.66. The number of Topliss-reactive ketones (excluding diaryl/α,β-unsaturated/α-hetero) is 1. The van der Waals surface area contributed by atoms with Crippen LogP contribution in [0.5, 0.6) is 0 Å². The number of esters is 1. The molecule has 0 bridgehead atoms. The van der Waals surface area contributed by atoms with E-state index in [4.69, 9.17) is 4.74 Å². The van der Waals surface area contributed by atoms with Crippen molar-refractivity contribution in [1.29, 1.82) is 0 Å². The molecule has 0 radical (unpaired) electrons. The van der Waals surface area contributed by atoms with E-state index in [1.807, 2.05) is 0 Å². The Kier molecular flexibility index (Phi) is 4.77. The topological polar surface area (TPSA) is 63.6 Å². The van der Waals surface area contributed by atoms with E-state index in [1.54, 1.807) is 0 Å². The highest BCUT2D eigenvalue weighted by atomic mass is 16.5. The predicted octanol–water partition coefficient (Wildman–Crippen LogP) is 4.06. The number of ketones is 1. The molecule has 3 fully saturated rings. The van der Waals surface area contributed by atoms with Gasteiger partial charge in [-0.05, 0) is 80.0 Å². The molecular weight excluding hydrogens is 340 g/mol. The van der Waals surface area contributed by atoms with Gasteiger partial charge in [-0.1, -0.05) is 25.5 Å². The van der Waals surface area contributed by atoms with E-state index < -0.39 is 0 Å². The molecule has 0 aromatic rings. The van der Waals surface area contributed by atoms with Gasteiger partial charge < -0.3 is 9.84 Å². The number of hydrogen-bond acceptors (Lipinski definition) is 4. The van der Waals surface area contributed by atoms with Crippen LogP contribution in [0, 0.1) is 34.5 Å². The summed E-state index contributed by atoms with van der Waals surface area (Å²) in [6.07, 6.45) is 10.6. The van der Waals surface area contributed by atoms with E-state index in [2.05, 4.69) is 19.9 Å². The van der Waals surface area contributed by atoms with Crippen molar-refractivity contribution in [3.63, 3.8) is 0 Å². The molecule has 4 aliphatic rings. The molecule has 4 nitrogen and oxygen atoms in total. The van der Waals surface area contributed by atoms with E-state index in [1.165, 1.54) is 18.9 Å². The Balaban J connectivity index is 1.55. The van der Waals surface area contributed by atoms with Crippen molar-refractivity contribution in [2.45, 2.75) is 78.2 Å².